The SMILES string of the molecule is [2H]C1=C([2H])[C@]([2H])(C([2H])([2H])[2H])[C@]([2H])(C(C)C[C@@](C)(O)C(C)(C)[C@@H](O)C(C)C(=O)O)[C@]2(C)C1=C([2H])C(OC)C(C)(C)[C@]2(C)OC(=O)[C@@H](C)CC(C)C. The van der Waals surface area contributed by atoms with Crippen LogP contribution in [0.25, 0.3) is 0 Å². The average molecular weight is 601 g/mol. The lowest BCUT2D eigenvalue weighted by Crippen LogP contribution is -2.68. The molecule has 0 saturated heterocycles. The second-order valence-corrected chi connectivity index (χ2v) is 14.7. The van der Waals surface area contributed by atoms with Crippen molar-refractivity contribution in [3.8, 4) is 0 Å². The number of hydrogen-bond donors (Lipinski definition) is 3. The number of aliphatic hydroxyl groups excluding tert-OH is 1. The minimum Gasteiger partial charge on any atom is -0.481 e. The van der Waals surface area contributed by atoms with Crippen LogP contribution >= 0.6 is 0 Å². The van der Waals surface area contributed by atoms with Crippen LogP contribution in [-0.4, -0.2) is 57.8 Å². The standard InChI is InChI=1S/C35H60O7/c1-20(2)17-22(4)30(39)42-35(13)31(7,8)26(41-14)18-25-16-15-21(3)27(34(25,35)12)23(5)19-33(11,40)32(9,10)28(36)24(6)29(37)38/h15-16,18,20-24,26-28,36,40H,17,19H2,1-14H3,(H,37,38)/t21-,22-,23?,24?,26?,27+,28-,33+,34-,35-/m0/s1/i3D3,15D,16D,18D,21D,27D. The number of carboxylic acids is 1. The number of methoxy groups -OCH3 is 1. The van der Waals surface area contributed by atoms with Crippen LogP contribution < -0.4 is 0 Å². The van der Waals surface area contributed by atoms with Crippen molar-refractivity contribution in [2.45, 2.75) is 126 Å². The predicted octanol–water partition coefficient (Wildman–Crippen LogP) is 6.67. The molecule has 2 aliphatic rings. The molecule has 3 unspecified atom stereocenters. The third-order valence-corrected chi connectivity index (χ3v) is 10.7. The van der Waals surface area contributed by atoms with Gasteiger partial charge in [0, 0.05) is 30.2 Å². The molecule has 0 aliphatic heterocycles. The zero-order valence-electron chi connectivity index (χ0n) is 35.9. The largest absolute Gasteiger partial charge is 0.481 e. The summed E-state index contributed by atoms with van der Waals surface area (Å²) in [5.74, 6) is -11.2. The molecular weight excluding hydrogens is 532 g/mol. The minimum absolute atomic E-state index is 0.0992. The number of allylic oxidation sites excluding steroid dienone is 2. The lowest BCUT2D eigenvalue weighted by molar-refractivity contribution is -0.233. The molecule has 2 aliphatic carbocycles. The van der Waals surface area contributed by atoms with Crippen LogP contribution in [0.1, 0.15) is 114 Å². The van der Waals surface area contributed by atoms with E-state index >= 15 is 0 Å². The summed E-state index contributed by atoms with van der Waals surface area (Å²) >= 11 is 0. The average Bonchev–Trinajstić information content (AvgIpc) is 2.96. The van der Waals surface area contributed by atoms with Crippen LogP contribution in [0.15, 0.2) is 23.7 Å². The summed E-state index contributed by atoms with van der Waals surface area (Å²) in [6.07, 6.45) is -2.83. The Morgan fingerprint density at radius 2 is 1.71 bits per heavy atom. The Morgan fingerprint density at radius 1 is 1.14 bits per heavy atom. The van der Waals surface area contributed by atoms with Crippen molar-refractivity contribution in [3.63, 3.8) is 0 Å². The van der Waals surface area contributed by atoms with Crippen LogP contribution in [0.4, 0.5) is 0 Å². The van der Waals surface area contributed by atoms with Gasteiger partial charge in [-0.15, -0.1) is 0 Å². The number of aliphatic carboxylic acids is 1. The fourth-order valence-corrected chi connectivity index (χ4v) is 7.06. The first-order valence-corrected chi connectivity index (χ1v) is 14.9. The van der Waals surface area contributed by atoms with Gasteiger partial charge in [0.05, 0.1) is 33.8 Å². The van der Waals surface area contributed by atoms with E-state index < -0.39 is 107 Å². The molecule has 0 aromatic rings. The monoisotopic (exact) mass is 600 g/mol. The highest BCUT2D eigenvalue weighted by Crippen LogP contribution is 2.65. The van der Waals surface area contributed by atoms with E-state index in [1.807, 2.05) is 13.8 Å². The summed E-state index contributed by atoms with van der Waals surface area (Å²) in [6.45, 7) is 15.2. The summed E-state index contributed by atoms with van der Waals surface area (Å²) in [5, 5.41) is 32.9. The molecule has 0 fully saturated rings. The highest BCUT2D eigenvalue weighted by atomic mass is 16.6. The maximum Gasteiger partial charge on any atom is 0.309 e. The zero-order valence-corrected chi connectivity index (χ0v) is 27.9. The molecule has 0 saturated carbocycles. The van der Waals surface area contributed by atoms with E-state index in [0.29, 0.717) is 6.42 Å². The van der Waals surface area contributed by atoms with Crippen LogP contribution in [0.5, 0.6) is 0 Å². The Hall–Kier alpha value is -1.70. The number of esters is 1. The predicted molar refractivity (Wildman–Crippen MR) is 167 cm³/mol. The first-order valence-electron chi connectivity index (χ1n) is 18.9. The van der Waals surface area contributed by atoms with Crippen LogP contribution in [-0.2, 0) is 19.1 Å². The first kappa shape index (κ1) is 25.6. The topological polar surface area (TPSA) is 113 Å². The molecule has 2 rings (SSSR count). The molecular formula is C35H60O7. The molecule has 3 N–H and O–H groups in total. The second-order valence-electron chi connectivity index (χ2n) is 14.7. The van der Waals surface area contributed by atoms with Crippen LogP contribution in [0.2, 0.25) is 0 Å². The number of aliphatic hydroxyl groups is 2. The van der Waals surface area contributed by atoms with Crippen molar-refractivity contribution < 1.29 is 45.3 Å². The summed E-state index contributed by atoms with van der Waals surface area (Å²) in [7, 11) is 1.34. The molecule has 0 amide bonds. The molecule has 0 aromatic heterocycles. The molecule has 0 heterocycles. The molecule has 0 aromatic carbocycles. The normalized spacial score (nSPS) is 40.8. The molecule has 7 heteroatoms. The minimum atomic E-state index is -3.43. The third-order valence-electron chi connectivity index (χ3n) is 10.7. The number of rotatable bonds is 12. The molecule has 0 radical (unpaired) electrons. The van der Waals surface area contributed by atoms with Gasteiger partial charge in [-0.2, -0.15) is 0 Å². The van der Waals surface area contributed by atoms with Crippen molar-refractivity contribution in [3.05, 3.63) is 23.7 Å². The Kier molecular flexibility index (Phi) is 7.54. The Balaban J connectivity index is 3.20. The Morgan fingerprint density at radius 3 is 2.19 bits per heavy atom. The summed E-state index contributed by atoms with van der Waals surface area (Å²) in [5.41, 5.74) is -9.43. The van der Waals surface area contributed by atoms with E-state index in [4.69, 9.17) is 15.0 Å². The maximum atomic E-state index is 14.0. The van der Waals surface area contributed by atoms with Gasteiger partial charge in [-0.1, -0.05) is 87.3 Å². The number of carbonyl (C=O) groups is 2. The van der Waals surface area contributed by atoms with E-state index in [9.17, 15) is 30.4 Å². The molecule has 42 heavy (non-hydrogen) atoms. The van der Waals surface area contributed by atoms with Gasteiger partial charge in [-0.05, 0) is 62.8 Å². The first-order chi connectivity index (χ1) is 22.2. The number of fused-ring (bicyclic) bond motifs is 1. The van der Waals surface area contributed by atoms with E-state index in [2.05, 4.69) is 0 Å². The Bertz CT molecular complexity index is 1410. The van der Waals surface area contributed by atoms with Gasteiger partial charge in [0.1, 0.15) is 5.60 Å². The lowest BCUT2D eigenvalue weighted by atomic mass is 9.44. The molecule has 242 valence electrons. The molecule has 0 bridgehead atoms. The summed E-state index contributed by atoms with van der Waals surface area (Å²) < 4.78 is 86.3. The highest BCUT2D eigenvalue weighted by Gasteiger charge is 2.67. The van der Waals surface area contributed by atoms with Gasteiger partial charge >= 0.3 is 11.9 Å². The van der Waals surface area contributed by atoms with Crippen molar-refractivity contribution in [1.82, 2.24) is 0 Å². The number of carboxylic acid groups (broad SMARTS) is 1. The number of carbonyl (C=O) groups excluding carboxylic acids is 1. The number of hydrogen-bond acceptors (Lipinski definition) is 6. The van der Waals surface area contributed by atoms with Crippen molar-refractivity contribution >= 4 is 11.9 Å². The molecule has 7 nitrogen and oxygen atoms in total. The van der Waals surface area contributed by atoms with E-state index in [1.54, 1.807) is 20.8 Å². The maximum absolute atomic E-state index is 14.0. The van der Waals surface area contributed by atoms with Crippen molar-refractivity contribution in [2.24, 2.45) is 51.7 Å². The van der Waals surface area contributed by atoms with E-state index in [0.717, 1.165) is 0 Å². The van der Waals surface area contributed by atoms with Gasteiger partial charge < -0.3 is 24.8 Å². The fraction of sp³-hybridized carbons (Fsp3) is 0.829. The number of ether oxygens (including phenoxy) is 2. The van der Waals surface area contributed by atoms with Gasteiger partial charge in [-0.25, -0.2) is 0 Å². The van der Waals surface area contributed by atoms with E-state index in [1.165, 1.54) is 55.6 Å². The Labute approximate surface area is 266 Å². The summed E-state index contributed by atoms with van der Waals surface area (Å²) in [4.78, 5) is 25.8. The highest BCUT2D eigenvalue weighted by molar-refractivity contribution is 5.73. The van der Waals surface area contributed by atoms with Crippen molar-refractivity contribution in [1.29, 1.82) is 0 Å². The summed E-state index contributed by atoms with van der Waals surface area (Å²) in [6, 6.07) is -2.12. The van der Waals surface area contributed by atoms with Crippen LogP contribution in [0, 0.1) is 51.7 Å². The van der Waals surface area contributed by atoms with Gasteiger partial charge in [-0.3, -0.25) is 9.59 Å². The quantitative estimate of drug-likeness (QED) is 0.215. The third kappa shape index (κ3) is 5.99. The van der Waals surface area contributed by atoms with Crippen molar-refractivity contribution in [2.75, 3.05) is 7.11 Å². The van der Waals surface area contributed by atoms with Crippen LogP contribution in [0.3, 0.4) is 0 Å². The fourth-order valence-electron chi connectivity index (χ4n) is 7.06. The lowest BCUT2D eigenvalue weighted by Gasteiger charge is -2.64. The molecule has 10 atom stereocenters. The zero-order chi connectivity index (χ0) is 39.8. The second kappa shape index (κ2) is 12.4. The van der Waals surface area contributed by atoms with E-state index in [-0.39, 0.29) is 17.5 Å². The van der Waals surface area contributed by atoms with Gasteiger partial charge in [0.25, 0.3) is 0 Å². The molecule has 0 spiro atoms. The van der Waals surface area contributed by atoms with Gasteiger partial charge in [0.15, 0.2) is 0 Å². The van der Waals surface area contributed by atoms with Gasteiger partial charge in [0.2, 0.25) is 0 Å². The smallest absolute Gasteiger partial charge is 0.309 e.